The quantitative estimate of drug-likeness (QED) is 0.741. The molecule has 1 aromatic heterocycles. The third kappa shape index (κ3) is 4.58. The van der Waals surface area contributed by atoms with Crippen LogP contribution in [0.5, 0.6) is 5.75 Å². The average Bonchev–Trinajstić information content (AvgIpc) is 2.94. The summed E-state index contributed by atoms with van der Waals surface area (Å²) in [5.74, 6) is 0.666. The molecule has 1 atom stereocenters. The van der Waals surface area contributed by atoms with E-state index in [4.69, 9.17) is 4.74 Å². The maximum Gasteiger partial charge on any atom is 0.307 e. The first-order valence-corrected chi connectivity index (χ1v) is 8.98. The van der Waals surface area contributed by atoms with Crippen molar-refractivity contribution in [3.63, 3.8) is 0 Å². The van der Waals surface area contributed by atoms with Crippen LogP contribution in [-0.2, 0) is 26.6 Å². The lowest BCUT2D eigenvalue weighted by atomic mass is 10.0. The van der Waals surface area contributed by atoms with E-state index in [0.717, 1.165) is 0 Å². The van der Waals surface area contributed by atoms with Crippen LogP contribution in [0.1, 0.15) is 23.9 Å². The van der Waals surface area contributed by atoms with Crippen molar-refractivity contribution in [3.8, 4) is 5.75 Å². The Bertz CT molecular complexity index is 824. The molecule has 0 bridgehead atoms. The monoisotopic (exact) mass is 367 g/mol. The summed E-state index contributed by atoms with van der Waals surface area (Å²) in [6.45, 7) is 1.70. The number of nitrogens with zero attached hydrogens (tertiary/aromatic N) is 2. The molecule has 0 radical (unpaired) electrons. The number of carbonyl (C=O) groups excluding carboxylic acids is 1. The number of rotatable bonds is 7. The number of aromatic nitrogens is 2. The average molecular weight is 367 g/mol. The van der Waals surface area contributed by atoms with E-state index < -0.39 is 22.0 Å². The normalized spacial score (nSPS) is 12.6. The first kappa shape index (κ1) is 18.9. The molecule has 0 aliphatic carbocycles. The molecule has 9 heteroatoms. The van der Waals surface area contributed by atoms with Crippen molar-refractivity contribution < 1.29 is 22.7 Å². The third-order valence-electron chi connectivity index (χ3n) is 3.78. The van der Waals surface area contributed by atoms with Crippen molar-refractivity contribution in [1.82, 2.24) is 14.3 Å². The van der Waals surface area contributed by atoms with Crippen molar-refractivity contribution in [2.45, 2.75) is 24.4 Å². The number of aryl methyl sites for hydroxylation is 2. The largest absolute Gasteiger partial charge is 0.497 e. The van der Waals surface area contributed by atoms with Gasteiger partial charge in [0.15, 0.2) is 5.03 Å². The summed E-state index contributed by atoms with van der Waals surface area (Å²) in [6.07, 6.45) is 1.27. The molecule has 1 heterocycles. The molecule has 8 nitrogen and oxygen atoms in total. The summed E-state index contributed by atoms with van der Waals surface area (Å²) in [5, 5.41) is -0.101. The van der Waals surface area contributed by atoms with Crippen LogP contribution in [0.25, 0.3) is 0 Å². The van der Waals surface area contributed by atoms with Crippen molar-refractivity contribution in [2.24, 2.45) is 7.05 Å². The zero-order valence-corrected chi connectivity index (χ0v) is 15.3. The molecule has 0 aliphatic heterocycles. The summed E-state index contributed by atoms with van der Waals surface area (Å²) in [5.41, 5.74) is 0.613. The summed E-state index contributed by atoms with van der Waals surface area (Å²) in [6, 6.07) is 5.99. The van der Waals surface area contributed by atoms with Crippen molar-refractivity contribution in [3.05, 3.63) is 41.9 Å². The van der Waals surface area contributed by atoms with Crippen molar-refractivity contribution in [1.29, 1.82) is 0 Å². The van der Waals surface area contributed by atoms with Gasteiger partial charge >= 0.3 is 5.97 Å². The molecule has 1 aromatic carbocycles. The van der Waals surface area contributed by atoms with Crippen LogP contribution in [0.3, 0.4) is 0 Å². The van der Waals surface area contributed by atoms with Crippen LogP contribution in [0, 0.1) is 6.92 Å². The predicted octanol–water partition coefficient (Wildman–Crippen LogP) is 1.32. The number of hydrogen-bond donors (Lipinski definition) is 1. The Hall–Kier alpha value is -2.39. The van der Waals surface area contributed by atoms with E-state index in [0.29, 0.717) is 17.1 Å². The topological polar surface area (TPSA) is 99.5 Å². The highest BCUT2D eigenvalue weighted by molar-refractivity contribution is 7.89. The minimum absolute atomic E-state index is 0.101. The van der Waals surface area contributed by atoms with Crippen LogP contribution in [0.2, 0.25) is 0 Å². The molecule has 0 spiro atoms. The molecule has 25 heavy (non-hydrogen) atoms. The molecule has 0 aliphatic rings. The van der Waals surface area contributed by atoms with Crippen LogP contribution in [0.4, 0.5) is 0 Å². The fourth-order valence-electron chi connectivity index (χ4n) is 2.22. The summed E-state index contributed by atoms with van der Waals surface area (Å²) in [7, 11) is 0.594. The van der Waals surface area contributed by atoms with Crippen molar-refractivity contribution >= 4 is 16.0 Å². The van der Waals surface area contributed by atoms with Gasteiger partial charge in [0.2, 0.25) is 0 Å². The number of imidazole rings is 1. The summed E-state index contributed by atoms with van der Waals surface area (Å²) < 4.78 is 39.1. The highest BCUT2D eigenvalue weighted by Gasteiger charge is 2.26. The molecule has 0 amide bonds. The first-order valence-electron chi connectivity index (χ1n) is 7.50. The maximum atomic E-state index is 12.6. The van der Waals surface area contributed by atoms with Gasteiger partial charge in [-0.05, 0) is 24.6 Å². The van der Waals surface area contributed by atoms with Crippen LogP contribution >= 0.6 is 0 Å². The second kappa shape index (κ2) is 7.66. The molecule has 2 aromatic rings. The Kier molecular flexibility index (Phi) is 5.81. The number of esters is 1. The molecule has 1 unspecified atom stereocenters. The van der Waals surface area contributed by atoms with Gasteiger partial charge in [-0.15, -0.1) is 0 Å². The summed E-state index contributed by atoms with van der Waals surface area (Å²) in [4.78, 5) is 15.7. The Morgan fingerprint density at radius 3 is 2.40 bits per heavy atom. The second-order valence-electron chi connectivity index (χ2n) is 5.46. The van der Waals surface area contributed by atoms with Gasteiger partial charge in [-0.3, -0.25) is 4.79 Å². The van der Waals surface area contributed by atoms with E-state index in [-0.39, 0.29) is 11.4 Å². The van der Waals surface area contributed by atoms with E-state index in [1.807, 2.05) is 0 Å². The van der Waals surface area contributed by atoms with Crippen molar-refractivity contribution in [2.75, 3.05) is 14.2 Å². The lowest BCUT2D eigenvalue weighted by molar-refractivity contribution is -0.141. The number of ether oxygens (including phenoxy) is 2. The van der Waals surface area contributed by atoms with Crippen LogP contribution in [-0.4, -0.2) is 38.2 Å². The minimum atomic E-state index is -3.90. The Morgan fingerprint density at radius 2 is 1.92 bits per heavy atom. The number of methoxy groups -OCH3 is 2. The summed E-state index contributed by atoms with van der Waals surface area (Å²) >= 11 is 0. The minimum Gasteiger partial charge on any atom is -0.497 e. The lowest BCUT2D eigenvalue weighted by Gasteiger charge is -2.18. The van der Waals surface area contributed by atoms with Gasteiger partial charge in [0.1, 0.15) is 11.6 Å². The van der Waals surface area contributed by atoms with E-state index >= 15 is 0 Å². The lowest BCUT2D eigenvalue weighted by Crippen LogP contribution is -2.30. The van der Waals surface area contributed by atoms with E-state index in [1.54, 1.807) is 42.8 Å². The van der Waals surface area contributed by atoms with E-state index in [2.05, 4.69) is 14.4 Å². The maximum absolute atomic E-state index is 12.6. The molecule has 0 saturated heterocycles. The van der Waals surface area contributed by atoms with Gasteiger partial charge in [-0.1, -0.05) is 12.1 Å². The van der Waals surface area contributed by atoms with Gasteiger partial charge in [0.05, 0.1) is 26.7 Å². The Morgan fingerprint density at radius 1 is 1.28 bits per heavy atom. The van der Waals surface area contributed by atoms with Gasteiger partial charge in [0, 0.05) is 13.2 Å². The highest BCUT2D eigenvalue weighted by Crippen LogP contribution is 2.23. The third-order valence-corrected chi connectivity index (χ3v) is 5.12. The van der Waals surface area contributed by atoms with Crippen LogP contribution < -0.4 is 9.46 Å². The van der Waals surface area contributed by atoms with Gasteiger partial charge in [0.25, 0.3) is 10.0 Å². The fourth-order valence-corrected chi connectivity index (χ4v) is 3.48. The predicted molar refractivity (Wildman–Crippen MR) is 90.6 cm³/mol. The van der Waals surface area contributed by atoms with Crippen LogP contribution in [0.15, 0.2) is 35.5 Å². The first-order chi connectivity index (χ1) is 11.8. The number of benzene rings is 1. The van der Waals surface area contributed by atoms with Gasteiger partial charge in [-0.25, -0.2) is 18.1 Å². The molecular weight excluding hydrogens is 346 g/mol. The smallest absolute Gasteiger partial charge is 0.307 e. The number of sulfonamides is 1. The Labute approximate surface area is 146 Å². The fraction of sp³-hybridized carbons (Fsp3) is 0.375. The van der Waals surface area contributed by atoms with Gasteiger partial charge in [-0.2, -0.15) is 0 Å². The van der Waals surface area contributed by atoms with E-state index in [9.17, 15) is 13.2 Å². The SMILES string of the molecule is COC(=O)CC(NS(=O)(=O)c1cn(C)c(C)n1)c1ccc(OC)cc1. The van der Waals surface area contributed by atoms with E-state index in [1.165, 1.54) is 20.4 Å². The second-order valence-corrected chi connectivity index (χ2v) is 7.13. The number of nitrogens with one attached hydrogen (secondary N) is 1. The molecular formula is C16H21N3O5S. The highest BCUT2D eigenvalue weighted by atomic mass is 32.2. The van der Waals surface area contributed by atoms with Gasteiger partial charge < -0.3 is 14.0 Å². The molecule has 2 rings (SSSR count). The zero-order valence-electron chi connectivity index (χ0n) is 14.5. The molecule has 1 N–H and O–H groups in total. The Balaban J connectivity index is 2.32. The molecule has 136 valence electrons. The zero-order chi connectivity index (χ0) is 18.6. The number of carbonyl (C=O) groups is 1. The standard InChI is InChI=1S/C16H21N3O5S/c1-11-17-15(10-19(11)2)25(21,22)18-14(9-16(20)24-4)12-5-7-13(23-3)8-6-12/h5-8,10,14,18H,9H2,1-4H3. The molecule has 0 fully saturated rings. The molecule has 0 saturated carbocycles. The number of hydrogen-bond acceptors (Lipinski definition) is 6.